The van der Waals surface area contributed by atoms with Crippen LogP contribution in [0.15, 0.2) is 42.7 Å². The average molecular weight is 774 g/mol. The van der Waals surface area contributed by atoms with Gasteiger partial charge < -0.3 is 34.5 Å². The zero-order valence-corrected chi connectivity index (χ0v) is 33.6. The van der Waals surface area contributed by atoms with Crippen LogP contribution in [0.1, 0.15) is 80.6 Å². The maximum absolute atomic E-state index is 14.6. The number of pyridine rings is 1. The van der Waals surface area contributed by atoms with Gasteiger partial charge in [0.05, 0.1) is 25.8 Å². The van der Waals surface area contributed by atoms with Crippen molar-refractivity contribution in [2.24, 2.45) is 11.3 Å². The Kier molecular flexibility index (Phi) is 11.5. The molecular formula is C38H55N5O10S. The van der Waals surface area contributed by atoms with Gasteiger partial charge in [-0.15, -0.1) is 0 Å². The molecule has 0 radical (unpaired) electrons. The van der Waals surface area contributed by atoms with Crippen LogP contribution in [-0.4, -0.2) is 98.5 Å². The fourth-order valence-corrected chi connectivity index (χ4v) is 8.20. The quantitative estimate of drug-likeness (QED) is 0.234. The maximum Gasteiger partial charge on any atom is 0.408 e. The molecule has 3 aliphatic rings. The van der Waals surface area contributed by atoms with E-state index >= 15 is 0 Å². The highest BCUT2D eigenvalue weighted by atomic mass is 32.2. The molecule has 5 atom stereocenters. The van der Waals surface area contributed by atoms with E-state index in [1.807, 2.05) is 45.9 Å². The highest BCUT2D eigenvalue weighted by Crippen LogP contribution is 2.50. The number of aromatic nitrogens is 1. The van der Waals surface area contributed by atoms with Crippen LogP contribution in [0.2, 0.25) is 0 Å². The minimum Gasteiger partial charge on any atom is -0.497 e. The van der Waals surface area contributed by atoms with Gasteiger partial charge in [-0.1, -0.05) is 40.7 Å². The van der Waals surface area contributed by atoms with Crippen molar-refractivity contribution in [3.05, 3.63) is 42.7 Å². The third-order valence-electron chi connectivity index (χ3n) is 10.1. The molecule has 3 N–H and O–H groups in total. The number of carbonyl (C=O) groups is 3. The van der Waals surface area contributed by atoms with Crippen molar-refractivity contribution < 1.29 is 45.9 Å². The molecule has 16 heteroatoms. The highest BCUT2D eigenvalue weighted by molar-refractivity contribution is 7.84. The van der Waals surface area contributed by atoms with Crippen LogP contribution >= 0.6 is 0 Å². The number of nitrogens with zero attached hydrogens (tertiary/aromatic N) is 2. The van der Waals surface area contributed by atoms with Gasteiger partial charge in [0.15, 0.2) is 0 Å². The lowest BCUT2D eigenvalue weighted by molar-refractivity contribution is -0.142. The summed E-state index contributed by atoms with van der Waals surface area (Å²) in [5.74, 6) is -0.173. The van der Waals surface area contributed by atoms with Crippen molar-refractivity contribution in [2.45, 2.75) is 115 Å². The number of likely N-dealkylation sites (tertiary alicyclic amines) is 1. The van der Waals surface area contributed by atoms with Crippen molar-refractivity contribution >= 4 is 39.0 Å². The van der Waals surface area contributed by atoms with E-state index in [9.17, 15) is 22.8 Å². The molecule has 0 bridgehead atoms. The fraction of sp³-hybridized carbons (Fsp3) is 0.632. The van der Waals surface area contributed by atoms with Gasteiger partial charge in [0.2, 0.25) is 17.7 Å². The van der Waals surface area contributed by atoms with Crippen molar-refractivity contribution in [3.8, 4) is 11.6 Å². The molecule has 1 saturated heterocycles. The smallest absolute Gasteiger partial charge is 0.408 e. The molecule has 0 spiro atoms. The topological polar surface area (TPSA) is 184 Å². The minimum absolute atomic E-state index is 0.000918. The Morgan fingerprint density at radius 2 is 1.80 bits per heavy atom. The molecule has 1 aromatic heterocycles. The SMILES string of the molecule is C=C(NS(=O)(=O)OC1(COC)CC1)[C@@]1(NC(=O)[C@@H]2C[C@@H](Oc3nccc4cc(OC)ccc34)CN2C(=O)[C@@H](NC(=O)OC(C)(C)C)C(C)(C)C)C[C@H]1CC. The zero-order valence-electron chi connectivity index (χ0n) is 32.7. The summed E-state index contributed by atoms with van der Waals surface area (Å²) in [5, 5.41) is 7.35. The predicted octanol–water partition coefficient (Wildman–Crippen LogP) is 4.36. The molecule has 0 unspecified atom stereocenters. The lowest BCUT2D eigenvalue weighted by atomic mass is 9.85. The van der Waals surface area contributed by atoms with Gasteiger partial charge in [-0.25, -0.2) is 14.0 Å². The van der Waals surface area contributed by atoms with Crippen LogP contribution in [0.5, 0.6) is 11.6 Å². The Balaban J connectivity index is 1.42. The summed E-state index contributed by atoms with van der Waals surface area (Å²) >= 11 is 0. The summed E-state index contributed by atoms with van der Waals surface area (Å²) in [6.45, 7) is 16.7. The van der Waals surface area contributed by atoms with E-state index in [4.69, 9.17) is 23.1 Å². The number of nitrogens with one attached hydrogen (secondary N) is 3. The Bertz CT molecular complexity index is 1870. The fourth-order valence-electron chi connectivity index (χ4n) is 7.00. The number of methoxy groups -OCH3 is 2. The van der Waals surface area contributed by atoms with E-state index < -0.39 is 68.6 Å². The van der Waals surface area contributed by atoms with Crippen molar-refractivity contribution in [2.75, 3.05) is 27.4 Å². The van der Waals surface area contributed by atoms with Crippen LogP contribution in [0.4, 0.5) is 4.79 Å². The lowest BCUT2D eigenvalue weighted by Gasteiger charge is -2.36. The molecule has 1 aromatic carbocycles. The van der Waals surface area contributed by atoms with E-state index in [-0.39, 0.29) is 31.2 Å². The molecule has 2 aliphatic carbocycles. The molecule has 15 nitrogen and oxygen atoms in total. The van der Waals surface area contributed by atoms with Gasteiger partial charge in [0.1, 0.15) is 35.1 Å². The lowest BCUT2D eigenvalue weighted by Crippen LogP contribution is -2.59. The van der Waals surface area contributed by atoms with Crippen LogP contribution in [-0.2, 0) is 33.6 Å². The molecule has 2 saturated carbocycles. The summed E-state index contributed by atoms with van der Waals surface area (Å²) in [6, 6.07) is 5.17. The molecule has 2 aromatic rings. The number of rotatable bonds is 15. The number of fused-ring (bicyclic) bond motifs is 1. The molecule has 3 fully saturated rings. The van der Waals surface area contributed by atoms with Gasteiger partial charge in [-0.05, 0) is 81.0 Å². The first-order valence-corrected chi connectivity index (χ1v) is 19.7. The summed E-state index contributed by atoms with van der Waals surface area (Å²) in [5.41, 5.74) is -3.58. The summed E-state index contributed by atoms with van der Waals surface area (Å²) in [7, 11) is -1.25. The normalized spacial score (nSPS) is 23.9. The van der Waals surface area contributed by atoms with E-state index in [0.717, 1.165) is 10.8 Å². The Morgan fingerprint density at radius 1 is 1.09 bits per heavy atom. The summed E-state index contributed by atoms with van der Waals surface area (Å²) in [6.07, 6.45) is 2.36. The third kappa shape index (κ3) is 9.37. The minimum atomic E-state index is -4.30. The molecule has 298 valence electrons. The number of ether oxygens (including phenoxy) is 4. The van der Waals surface area contributed by atoms with E-state index in [0.29, 0.717) is 37.3 Å². The predicted molar refractivity (Wildman–Crippen MR) is 201 cm³/mol. The molecule has 3 amide bonds. The van der Waals surface area contributed by atoms with Crippen molar-refractivity contribution in [3.63, 3.8) is 0 Å². The standard InChI is InChI=1S/C38H55N5O10S/c1-11-25-20-38(25,23(2)42-54(47,48)53-37(15-16-37)22-49-9)41-31(44)29-19-27(51-32-28-13-12-26(50-10)18-24(28)14-17-39-32)21-43(29)33(45)30(35(3,4)5)40-34(46)52-36(6,7)8/h12-14,17-18,25,27,29-30,42H,2,11,15-16,19-22H2,1,3-10H3,(H,40,46)(H,41,44)/t25-,27-,29+,30-,38+/m1/s1. The zero-order chi connectivity index (χ0) is 39.9. The van der Waals surface area contributed by atoms with Crippen molar-refractivity contribution in [1.82, 2.24) is 25.2 Å². The van der Waals surface area contributed by atoms with Gasteiger partial charge in [-0.2, -0.15) is 8.42 Å². The largest absolute Gasteiger partial charge is 0.497 e. The van der Waals surface area contributed by atoms with Gasteiger partial charge >= 0.3 is 16.4 Å². The monoisotopic (exact) mass is 773 g/mol. The number of benzene rings is 1. The first-order valence-electron chi connectivity index (χ1n) is 18.3. The summed E-state index contributed by atoms with van der Waals surface area (Å²) < 4.78 is 56.6. The van der Waals surface area contributed by atoms with Gasteiger partial charge in [0.25, 0.3) is 0 Å². The average Bonchev–Trinajstić information content (AvgIpc) is 3.95. The Morgan fingerprint density at radius 3 is 2.37 bits per heavy atom. The summed E-state index contributed by atoms with van der Waals surface area (Å²) in [4.78, 5) is 47.9. The molecule has 54 heavy (non-hydrogen) atoms. The highest BCUT2D eigenvalue weighted by Gasteiger charge is 2.59. The Hall–Kier alpha value is -4.15. The first kappa shape index (κ1) is 41.0. The number of carbonyl (C=O) groups excluding carboxylic acids is 3. The van der Waals surface area contributed by atoms with Crippen LogP contribution in [0.25, 0.3) is 10.8 Å². The van der Waals surface area contributed by atoms with Crippen LogP contribution in [0, 0.1) is 11.3 Å². The number of amides is 3. The van der Waals surface area contributed by atoms with Gasteiger partial charge in [0, 0.05) is 30.8 Å². The number of alkyl carbamates (subject to hydrolysis) is 1. The van der Waals surface area contributed by atoms with E-state index in [1.165, 1.54) is 12.0 Å². The van der Waals surface area contributed by atoms with E-state index in [1.54, 1.807) is 40.1 Å². The molecule has 5 rings (SSSR count). The molecule has 1 aliphatic heterocycles. The third-order valence-corrected chi connectivity index (χ3v) is 11.1. The number of hydrogen-bond donors (Lipinski definition) is 3. The van der Waals surface area contributed by atoms with Crippen LogP contribution in [0.3, 0.4) is 0 Å². The molecule has 2 heterocycles. The van der Waals surface area contributed by atoms with Gasteiger partial charge in [-0.3, -0.25) is 14.3 Å². The first-order chi connectivity index (χ1) is 25.1. The Labute approximate surface area is 318 Å². The van der Waals surface area contributed by atoms with Crippen LogP contribution < -0.4 is 24.8 Å². The van der Waals surface area contributed by atoms with Crippen molar-refractivity contribution in [1.29, 1.82) is 0 Å². The second kappa shape index (κ2) is 15.2. The molecular weight excluding hydrogens is 719 g/mol. The second-order valence-electron chi connectivity index (χ2n) is 16.6. The maximum atomic E-state index is 14.6. The number of hydrogen-bond acceptors (Lipinski definition) is 11. The van der Waals surface area contributed by atoms with E-state index in [2.05, 4.69) is 26.9 Å². The second-order valence-corrected chi connectivity index (χ2v) is 17.9.